The van der Waals surface area contributed by atoms with Crippen LogP contribution in [0.5, 0.6) is 0 Å². The first kappa shape index (κ1) is 36.5. The molecule has 10 aromatic carbocycles. The van der Waals surface area contributed by atoms with Crippen LogP contribution in [0.1, 0.15) is 0 Å². The van der Waals surface area contributed by atoms with Crippen LogP contribution < -0.4 is 4.90 Å². The zero-order valence-corrected chi connectivity index (χ0v) is 35.4. The highest BCUT2D eigenvalue weighted by Crippen LogP contribution is 2.43. The fourth-order valence-corrected chi connectivity index (χ4v) is 10.8. The molecule has 0 atom stereocenters. The van der Waals surface area contributed by atoms with E-state index in [4.69, 9.17) is 8.83 Å². The number of para-hydroxylation sites is 3. The van der Waals surface area contributed by atoms with Gasteiger partial charge in [0.05, 0.1) is 0 Å². The Hall–Kier alpha value is -8.18. The number of rotatable bonds is 7. The van der Waals surface area contributed by atoms with E-state index in [0.29, 0.717) is 0 Å². The molecular formula is C60H37NO2S. The van der Waals surface area contributed by atoms with Gasteiger partial charge < -0.3 is 13.7 Å². The Bertz CT molecular complexity index is 3870. The average Bonchev–Trinajstić information content (AvgIpc) is 4.06. The second kappa shape index (κ2) is 14.7. The van der Waals surface area contributed by atoms with Crippen LogP contribution >= 0.6 is 11.3 Å². The number of nitrogens with zero attached hydrogens (tertiary/aromatic N) is 1. The molecule has 0 N–H and O–H groups in total. The minimum absolute atomic E-state index is 0.858. The molecule has 3 aromatic heterocycles. The molecule has 4 heteroatoms. The van der Waals surface area contributed by atoms with Crippen LogP contribution in [-0.4, -0.2) is 0 Å². The lowest BCUT2D eigenvalue weighted by Crippen LogP contribution is -2.09. The molecule has 3 nitrogen and oxygen atoms in total. The van der Waals surface area contributed by atoms with E-state index < -0.39 is 0 Å². The highest BCUT2D eigenvalue weighted by molar-refractivity contribution is 7.26. The van der Waals surface area contributed by atoms with E-state index >= 15 is 0 Å². The molecule has 0 saturated heterocycles. The van der Waals surface area contributed by atoms with Crippen molar-refractivity contribution in [3.63, 3.8) is 0 Å². The molecule has 300 valence electrons. The van der Waals surface area contributed by atoms with Gasteiger partial charge in [-0.3, -0.25) is 0 Å². The fourth-order valence-electron chi connectivity index (χ4n) is 9.54. The Kier molecular flexibility index (Phi) is 8.40. The Labute approximate surface area is 373 Å². The van der Waals surface area contributed by atoms with Crippen molar-refractivity contribution in [3.05, 3.63) is 224 Å². The summed E-state index contributed by atoms with van der Waals surface area (Å²) in [5, 5.41) is 7.13. The van der Waals surface area contributed by atoms with Crippen LogP contribution in [0, 0.1) is 0 Å². The van der Waals surface area contributed by atoms with Crippen LogP contribution in [-0.2, 0) is 0 Å². The number of thiophene rings is 1. The molecule has 0 spiro atoms. The lowest BCUT2D eigenvalue weighted by molar-refractivity contribution is 0.669. The quantitative estimate of drug-likeness (QED) is 0.160. The van der Waals surface area contributed by atoms with Gasteiger partial charge in [0, 0.05) is 70.4 Å². The maximum absolute atomic E-state index is 6.42. The van der Waals surface area contributed by atoms with Crippen LogP contribution in [0.25, 0.3) is 109 Å². The first-order valence-corrected chi connectivity index (χ1v) is 22.5. The summed E-state index contributed by atoms with van der Waals surface area (Å²) < 4.78 is 15.5. The van der Waals surface area contributed by atoms with Crippen molar-refractivity contribution in [3.8, 4) is 44.5 Å². The minimum Gasteiger partial charge on any atom is -0.456 e. The monoisotopic (exact) mass is 835 g/mol. The van der Waals surface area contributed by atoms with Crippen LogP contribution in [0.15, 0.2) is 233 Å². The Morgan fingerprint density at radius 2 is 0.750 bits per heavy atom. The normalized spacial score (nSPS) is 11.8. The maximum atomic E-state index is 6.42. The summed E-state index contributed by atoms with van der Waals surface area (Å²) in [6.07, 6.45) is 0. The molecule has 0 fully saturated rings. The first-order valence-electron chi connectivity index (χ1n) is 21.6. The molecule has 3 heterocycles. The van der Waals surface area contributed by atoms with Crippen molar-refractivity contribution < 1.29 is 8.83 Å². The third-order valence-electron chi connectivity index (χ3n) is 12.7. The lowest BCUT2D eigenvalue weighted by Gasteiger charge is -2.26. The zero-order chi connectivity index (χ0) is 42.1. The number of furan rings is 2. The summed E-state index contributed by atoms with van der Waals surface area (Å²) in [6.45, 7) is 0. The van der Waals surface area contributed by atoms with E-state index in [2.05, 4.69) is 205 Å². The largest absolute Gasteiger partial charge is 0.456 e. The molecule has 0 aliphatic rings. The molecule has 13 aromatic rings. The zero-order valence-electron chi connectivity index (χ0n) is 34.5. The highest BCUT2D eigenvalue weighted by atomic mass is 32.1. The predicted octanol–water partition coefficient (Wildman–Crippen LogP) is 18.0. The predicted molar refractivity (Wildman–Crippen MR) is 270 cm³/mol. The summed E-state index contributed by atoms with van der Waals surface area (Å²) >= 11 is 1.87. The average molecular weight is 836 g/mol. The van der Waals surface area contributed by atoms with E-state index in [9.17, 15) is 0 Å². The Balaban J connectivity index is 0.817. The SMILES string of the molecule is c1ccc2c(c1)oc1cc(N(c3ccc(-c4ccc(-c5ccc(-c6cccc7c6sc6ccccc67)cc5)cc4)cc3)c3ccc(-c4cccc5c4oc4ccccc45)cc3)ccc12. The molecule has 0 unspecified atom stereocenters. The molecule has 64 heavy (non-hydrogen) atoms. The van der Waals surface area contributed by atoms with E-state index in [1.54, 1.807) is 0 Å². The summed E-state index contributed by atoms with van der Waals surface area (Å²) in [5.41, 5.74) is 16.1. The topological polar surface area (TPSA) is 29.5 Å². The molecule has 0 amide bonds. The molecule has 0 aliphatic heterocycles. The number of hydrogen-bond donors (Lipinski definition) is 0. The van der Waals surface area contributed by atoms with E-state index in [0.717, 1.165) is 77.6 Å². The van der Waals surface area contributed by atoms with Crippen molar-refractivity contribution in [2.24, 2.45) is 0 Å². The summed E-state index contributed by atoms with van der Waals surface area (Å²) in [5.74, 6) is 0. The lowest BCUT2D eigenvalue weighted by atomic mass is 9.97. The Morgan fingerprint density at radius 3 is 1.42 bits per heavy atom. The molecule has 0 aliphatic carbocycles. The molecule has 0 saturated carbocycles. The third kappa shape index (κ3) is 6.03. The second-order valence-electron chi connectivity index (χ2n) is 16.4. The number of anilines is 3. The highest BCUT2D eigenvalue weighted by Gasteiger charge is 2.18. The van der Waals surface area contributed by atoms with Gasteiger partial charge in [-0.25, -0.2) is 0 Å². The molecule has 0 radical (unpaired) electrons. The maximum Gasteiger partial charge on any atom is 0.143 e. The van der Waals surface area contributed by atoms with Gasteiger partial charge in [-0.2, -0.15) is 0 Å². The van der Waals surface area contributed by atoms with Crippen molar-refractivity contribution in [1.82, 2.24) is 0 Å². The fraction of sp³-hybridized carbons (Fsp3) is 0. The van der Waals surface area contributed by atoms with Gasteiger partial charge in [0.15, 0.2) is 0 Å². The van der Waals surface area contributed by atoms with Crippen LogP contribution in [0.4, 0.5) is 17.1 Å². The van der Waals surface area contributed by atoms with Crippen LogP contribution in [0.3, 0.4) is 0 Å². The van der Waals surface area contributed by atoms with E-state index in [-0.39, 0.29) is 0 Å². The standard InChI is InChI=1S/C60H37NO2S/c1-4-16-55-49(9-1)51-36-35-46(37-57(51)62-55)61(45-33-29-42(30-34-45)47-12-7-14-53-50-10-2-5-17-56(50)63-59(47)53)44-31-27-41(28-32-44)39-21-19-38(20-22-39)40-23-25-43(26-24-40)48-13-8-15-54-52-11-3-6-18-58(52)64-60(48)54/h1-37H. The van der Waals surface area contributed by atoms with E-state index in [1.165, 1.54) is 48.0 Å². The van der Waals surface area contributed by atoms with Crippen molar-refractivity contribution in [2.75, 3.05) is 4.90 Å². The van der Waals surface area contributed by atoms with Crippen LogP contribution in [0.2, 0.25) is 0 Å². The molecular weight excluding hydrogens is 799 g/mol. The van der Waals surface area contributed by atoms with Gasteiger partial charge in [0.1, 0.15) is 22.3 Å². The van der Waals surface area contributed by atoms with Gasteiger partial charge in [0.2, 0.25) is 0 Å². The van der Waals surface area contributed by atoms with Crippen molar-refractivity contribution >= 4 is 92.4 Å². The smallest absolute Gasteiger partial charge is 0.143 e. The van der Waals surface area contributed by atoms with Gasteiger partial charge in [-0.15, -0.1) is 11.3 Å². The van der Waals surface area contributed by atoms with Gasteiger partial charge in [0.25, 0.3) is 0 Å². The number of hydrogen-bond acceptors (Lipinski definition) is 4. The van der Waals surface area contributed by atoms with Gasteiger partial charge in [-0.1, -0.05) is 164 Å². The summed E-state index contributed by atoms with van der Waals surface area (Å²) in [7, 11) is 0. The molecule has 13 rings (SSSR count). The third-order valence-corrected chi connectivity index (χ3v) is 14.0. The minimum atomic E-state index is 0.858. The Morgan fingerprint density at radius 1 is 0.297 bits per heavy atom. The van der Waals surface area contributed by atoms with Gasteiger partial charge in [-0.05, 0) is 93.5 Å². The number of fused-ring (bicyclic) bond motifs is 9. The second-order valence-corrected chi connectivity index (χ2v) is 17.5. The van der Waals surface area contributed by atoms with Gasteiger partial charge >= 0.3 is 0 Å². The van der Waals surface area contributed by atoms with Crippen molar-refractivity contribution in [1.29, 1.82) is 0 Å². The summed E-state index contributed by atoms with van der Waals surface area (Å²) in [4.78, 5) is 2.30. The van der Waals surface area contributed by atoms with E-state index in [1.807, 2.05) is 35.6 Å². The van der Waals surface area contributed by atoms with Crippen molar-refractivity contribution in [2.45, 2.75) is 0 Å². The molecule has 0 bridgehead atoms. The first-order chi connectivity index (χ1) is 31.7. The number of benzene rings is 10. The summed E-state index contributed by atoms with van der Waals surface area (Å²) in [6, 6.07) is 80.3.